The Bertz CT molecular complexity index is 984. The molecule has 0 bridgehead atoms. The number of hydrogen-bond acceptors (Lipinski definition) is 2. The maximum absolute atomic E-state index is 12.4. The van der Waals surface area contributed by atoms with Crippen LogP contribution in [0.2, 0.25) is 0 Å². The lowest BCUT2D eigenvalue weighted by Gasteiger charge is -2.09. The van der Waals surface area contributed by atoms with E-state index >= 15 is 0 Å². The van der Waals surface area contributed by atoms with E-state index in [2.05, 4.69) is 22.5 Å². The van der Waals surface area contributed by atoms with Crippen LogP contribution in [0, 0.1) is 0 Å². The molecule has 0 atom stereocenters. The summed E-state index contributed by atoms with van der Waals surface area (Å²) >= 11 is 3.35. The maximum Gasteiger partial charge on any atom is 0.320 e. The molecule has 0 saturated carbocycles. The van der Waals surface area contributed by atoms with Crippen LogP contribution < -0.4 is 11.1 Å². The van der Waals surface area contributed by atoms with Crippen molar-refractivity contribution >= 4 is 22.0 Å². The zero-order chi connectivity index (χ0) is 17.1. The van der Waals surface area contributed by atoms with Crippen LogP contribution in [0.4, 0.5) is 0 Å². The van der Waals surface area contributed by atoms with Crippen molar-refractivity contribution in [2.45, 2.75) is 6.54 Å². The fourth-order valence-electron chi connectivity index (χ4n) is 2.39. The highest BCUT2D eigenvalue weighted by molar-refractivity contribution is 9.10. The van der Waals surface area contributed by atoms with Crippen molar-refractivity contribution in [3.63, 3.8) is 0 Å². The molecule has 24 heavy (non-hydrogen) atoms. The smallest absolute Gasteiger partial charge is 0.305 e. The molecule has 0 radical (unpaired) electrons. The molecule has 4 nitrogen and oxygen atoms in total. The van der Waals surface area contributed by atoms with Gasteiger partial charge in [0.2, 0.25) is 0 Å². The quantitative estimate of drug-likeness (QED) is 0.648. The van der Waals surface area contributed by atoms with Gasteiger partial charge in [0, 0.05) is 22.6 Å². The molecule has 0 aliphatic rings. The molecule has 120 valence electrons. The number of hydrogen-bond donors (Lipinski definition) is 0. The van der Waals surface area contributed by atoms with Crippen LogP contribution in [0.5, 0.6) is 0 Å². The van der Waals surface area contributed by atoms with E-state index in [-0.39, 0.29) is 0 Å². The number of aromatic nitrogens is 2. The van der Waals surface area contributed by atoms with Crippen molar-refractivity contribution in [1.29, 1.82) is 0 Å². The zero-order valence-corrected chi connectivity index (χ0v) is 14.4. The fourth-order valence-corrected chi connectivity index (χ4v) is 2.66. The highest BCUT2D eigenvalue weighted by atomic mass is 79.9. The van der Waals surface area contributed by atoms with E-state index in [1.54, 1.807) is 30.6 Å². The van der Waals surface area contributed by atoms with Crippen LogP contribution in [0.25, 0.3) is 11.8 Å². The second kappa shape index (κ2) is 6.84. The summed E-state index contributed by atoms with van der Waals surface area (Å²) in [4.78, 5) is 24.7. The Kier molecular flexibility index (Phi) is 4.62. The fraction of sp³-hybridized carbons (Fsp3) is 0.0526. The van der Waals surface area contributed by atoms with E-state index < -0.39 is 11.1 Å². The Morgan fingerprint density at radius 3 is 2.21 bits per heavy atom. The number of halogens is 1. The second-order valence-corrected chi connectivity index (χ2v) is 6.24. The van der Waals surface area contributed by atoms with Crippen molar-refractivity contribution in [1.82, 2.24) is 9.13 Å². The van der Waals surface area contributed by atoms with E-state index in [0.717, 1.165) is 15.6 Å². The highest BCUT2D eigenvalue weighted by Gasteiger charge is 2.07. The van der Waals surface area contributed by atoms with Gasteiger partial charge in [-0.05, 0) is 35.4 Å². The van der Waals surface area contributed by atoms with Gasteiger partial charge in [-0.2, -0.15) is 0 Å². The average Bonchev–Trinajstić information content (AvgIpc) is 2.61. The third kappa shape index (κ3) is 3.31. The van der Waals surface area contributed by atoms with Gasteiger partial charge >= 0.3 is 11.1 Å². The van der Waals surface area contributed by atoms with E-state index in [0.29, 0.717) is 12.2 Å². The summed E-state index contributed by atoms with van der Waals surface area (Å²) in [5, 5.41) is 0. The summed E-state index contributed by atoms with van der Waals surface area (Å²) in [5.74, 6) is 0. The van der Waals surface area contributed by atoms with Gasteiger partial charge in [0.1, 0.15) is 0 Å². The maximum atomic E-state index is 12.4. The second-order valence-electron chi connectivity index (χ2n) is 5.33. The molecule has 5 heteroatoms. The van der Waals surface area contributed by atoms with E-state index in [4.69, 9.17) is 0 Å². The van der Waals surface area contributed by atoms with Crippen LogP contribution in [-0.2, 0) is 6.54 Å². The Morgan fingerprint density at radius 1 is 0.917 bits per heavy atom. The zero-order valence-electron chi connectivity index (χ0n) is 12.9. The third-order valence-electron chi connectivity index (χ3n) is 3.73. The van der Waals surface area contributed by atoms with Crippen molar-refractivity contribution < 1.29 is 0 Å². The molecule has 0 fully saturated rings. The van der Waals surface area contributed by atoms with Crippen LogP contribution in [-0.4, -0.2) is 9.13 Å². The molecular weight excluding hydrogens is 368 g/mol. The number of nitrogens with zero attached hydrogens (tertiary/aromatic N) is 2. The van der Waals surface area contributed by atoms with Crippen LogP contribution >= 0.6 is 15.9 Å². The van der Waals surface area contributed by atoms with Gasteiger partial charge in [0.25, 0.3) is 0 Å². The van der Waals surface area contributed by atoms with E-state index in [1.165, 1.54) is 9.13 Å². The molecule has 1 heterocycles. The summed E-state index contributed by atoms with van der Waals surface area (Å²) in [6.45, 7) is 4.07. The molecule has 3 rings (SSSR count). The first-order chi connectivity index (χ1) is 11.6. The minimum Gasteiger partial charge on any atom is -0.305 e. The minimum absolute atomic E-state index is 0.354. The molecule has 3 aromatic rings. The van der Waals surface area contributed by atoms with Gasteiger partial charge in [-0.15, -0.1) is 0 Å². The normalized spacial score (nSPS) is 10.5. The van der Waals surface area contributed by atoms with Crippen molar-refractivity contribution in [3.05, 3.63) is 104 Å². The Morgan fingerprint density at radius 2 is 1.58 bits per heavy atom. The SMILES string of the molecule is C=Cc1ccc(Cn2ccn(-c3ccc(Br)cc3)c(=O)c2=O)cc1. The monoisotopic (exact) mass is 382 g/mol. The van der Waals surface area contributed by atoms with Gasteiger partial charge < -0.3 is 4.57 Å². The lowest BCUT2D eigenvalue weighted by molar-refractivity contribution is 0.718. The molecule has 1 aromatic heterocycles. The Hall–Kier alpha value is -2.66. The first kappa shape index (κ1) is 16.2. The summed E-state index contributed by atoms with van der Waals surface area (Å²) in [6, 6.07) is 14.9. The summed E-state index contributed by atoms with van der Waals surface area (Å²) in [5.41, 5.74) is 1.50. The van der Waals surface area contributed by atoms with Crippen LogP contribution in [0.1, 0.15) is 11.1 Å². The van der Waals surface area contributed by atoms with Crippen LogP contribution in [0.15, 0.2) is 81.6 Å². The lowest BCUT2D eigenvalue weighted by Crippen LogP contribution is -2.40. The lowest BCUT2D eigenvalue weighted by atomic mass is 10.1. The first-order valence-corrected chi connectivity index (χ1v) is 8.17. The Labute approximate surface area is 147 Å². The Balaban J connectivity index is 1.95. The largest absolute Gasteiger partial charge is 0.320 e. The van der Waals surface area contributed by atoms with Crippen molar-refractivity contribution in [2.24, 2.45) is 0 Å². The van der Waals surface area contributed by atoms with Gasteiger partial charge in [-0.3, -0.25) is 14.2 Å². The molecule has 0 aliphatic heterocycles. The number of benzene rings is 2. The van der Waals surface area contributed by atoms with Gasteiger partial charge in [-0.1, -0.05) is 52.9 Å². The van der Waals surface area contributed by atoms with E-state index in [1.807, 2.05) is 36.4 Å². The summed E-state index contributed by atoms with van der Waals surface area (Å²) in [6.07, 6.45) is 5.01. The summed E-state index contributed by atoms with van der Waals surface area (Å²) < 4.78 is 3.68. The molecule has 0 saturated heterocycles. The molecule has 0 amide bonds. The third-order valence-corrected chi connectivity index (χ3v) is 4.26. The van der Waals surface area contributed by atoms with Crippen LogP contribution in [0.3, 0.4) is 0 Å². The molecule has 0 spiro atoms. The predicted octanol–water partition coefficient (Wildman–Crippen LogP) is 3.45. The topological polar surface area (TPSA) is 44.0 Å². The molecular formula is C19H15BrN2O2. The first-order valence-electron chi connectivity index (χ1n) is 7.38. The predicted molar refractivity (Wildman–Crippen MR) is 99.6 cm³/mol. The average molecular weight is 383 g/mol. The molecule has 0 N–H and O–H groups in total. The van der Waals surface area contributed by atoms with Gasteiger partial charge in [0.15, 0.2) is 0 Å². The standard InChI is InChI=1S/C19H15BrN2O2/c1-2-14-3-5-15(6-4-14)13-21-11-12-22(19(24)18(21)23)17-9-7-16(20)8-10-17/h2-12H,1,13H2. The summed E-state index contributed by atoms with van der Waals surface area (Å²) in [7, 11) is 0. The molecule has 0 unspecified atom stereocenters. The van der Waals surface area contributed by atoms with E-state index in [9.17, 15) is 9.59 Å². The van der Waals surface area contributed by atoms with Crippen molar-refractivity contribution in [2.75, 3.05) is 0 Å². The van der Waals surface area contributed by atoms with Gasteiger partial charge in [-0.25, -0.2) is 0 Å². The highest BCUT2D eigenvalue weighted by Crippen LogP contribution is 2.12. The van der Waals surface area contributed by atoms with Crippen molar-refractivity contribution in [3.8, 4) is 5.69 Å². The molecule has 2 aromatic carbocycles. The van der Waals surface area contributed by atoms with Gasteiger partial charge in [0.05, 0.1) is 6.54 Å². The number of rotatable bonds is 4. The molecule has 0 aliphatic carbocycles. The minimum atomic E-state index is -0.567.